The SMILES string of the molecule is OC(c1ccc(Cl)s1)C1Cc2ccccc2S1. The van der Waals surface area contributed by atoms with Crippen molar-refractivity contribution in [2.24, 2.45) is 0 Å². The summed E-state index contributed by atoms with van der Waals surface area (Å²) in [5.41, 5.74) is 1.34. The molecule has 4 heteroatoms. The van der Waals surface area contributed by atoms with Crippen molar-refractivity contribution in [1.29, 1.82) is 0 Å². The summed E-state index contributed by atoms with van der Waals surface area (Å²) >= 11 is 9.13. The average Bonchev–Trinajstić information content (AvgIpc) is 2.93. The van der Waals surface area contributed by atoms with Crippen molar-refractivity contribution in [2.45, 2.75) is 22.7 Å². The molecule has 1 aliphatic heterocycles. The van der Waals surface area contributed by atoms with E-state index in [1.807, 2.05) is 18.2 Å². The number of aliphatic hydroxyl groups is 1. The van der Waals surface area contributed by atoms with Crippen LogP contribution in [-0.4, -0.2) is 10.4 Å². The molecule has 0 bridgehead atoms. The van der Waals surface area contributed by atoms with Crippen molar-refractivity contribution >= 4 is 34.7 Å². The third-order valence-electron chi connectivity index (χ3n) is 2.91. The van der Waals surface area contributed by atoms with Crippen LogP contribution in [0.2, 0.25) is 4.34 Å². The van der Waals surface area contributed by atoms with Gasteiger partial charge in [0.25, 0.3) is 0 Å². The highest BCUT2D eigenvalue weighted by Gasteiger charge is 2.29. The van der Waals surface area contributed by atoms with Crippen molar-refractivity contribution in [2.75, 3.05) is 0 Å². The lowest BCUT2D eigenvalue weighted by atomic mass is 10.1. The maximum absolute atomic E-state index is 10.3. The Morgan fingerprint density at radius 1 is 1.24 bits per heavy atom. The monoisotopic (exact) mass is 282 g/mol. The summed E-state index contributed by atoms with van der Waals surface area (Å²) in [7, 11) is 0. The summed E-state index contributed by atoms with van der Waals surface area (Å²) < 4.78 is 0.736. The minimum atomic E-state index is -0.426. The summed E-state index contributed by atoms with van der Waals surface area (Å²) in [5, 5.41) is 10.5. The molecule has 2 unspecified atom stereocenters. The molecule has 0 aliphatic carbocycles. The number of hydrogen-bond donors (Lipinski definition) is 1. The predicted octanol–water partition coefficient (Wildman–Crippen LogP) is 4.15. The van der Waals surface area contributed by atoms with Crippen LogP contribution in [0.1, 0.15) is 16.5 Å². The largest absolute Gasteiger partial charge is 0.386 e. The molecule has 17 heavy (non-hydrogen) atoms. The second-order valence-corrected chi connectivity index (χ2v) is 7.08. The molecule has 0 spiro atoms. The zero-order chi connectivity index (χ0) is 11.8. The van der Waals surface area contributed by atoms with Crippen molar-refractivity contribution in [1.82, 2.24) is 0 Å². The fourth-order valence-electron chi connectivity index (χ4n) is 2.06. The molecule has 2 aromatic rings. The van der Waals surface area contributed by atoms with E-state index in [2.05, 4.69) is 18.2 Å². The number of halogens is 1. The van der Waals surface area contributed by atoms with Crippen LogP contribution in [-0.2, 0) is 6.42 Å². The summed E-state index contributed by atoms with van der Waals surface area (Å²) in [6.45, 7) is 0. The topological polar surface area (TPSA) is 20.2 Å². The van der Waals surface area contributed by atoms with Crippen LogP contribution in [0.4, 0.5) is 0 Å². The van der Waals surface area contributed by atoms with Crippen LogP contribution in [0, 0.1) is 0 Å². The highest BCUT2D eigenvalue weighted by molar-refractivity contribution is 8.00. The quantitative estimate of drug-likeness (QED) is 0.893. The standard InChI is InChI=1S/C13H11ClOS2/c14-12-6-5-10(17-12)13(15)11-7-8-3-1-2-4-9(8)16-11/h1-6,11,13,15H,7H2. The molecule has 1 nitrogen and oxygen atoms in total. The number of fused-ring (bicyclic) bond motifs is 1. The Bertz CT molecular complexity index is 513. The Labute approximate surface area is 113 Å². The van der Waals surface area contributed by atoms with E-state index in [1.54, 1.807) is 11.8 Å². The van der Waals surface area contributed by atoms with Gasteiger partial charge in [0.1, 0.15) is 6.10 Å². The molecule has 3 rings (SSSR count). The van der Waals surface area contributed by atoms with E-state index in [0.29, 0.717) is 0 Å². The van der Waals surface area contributed by atoms with Gasteiger partial charge in [0.2, 0.25) is 0 Å². The lowest BCUT2D eigenvalue weighted by Crippen LogP contribution is -2.12. The molecular formula is C13H11ClOS2. The van der Waals surface area contributed by atoms with Gasteiger partial charge in [-0.1, -0.05) is 29.8 Å². The van der Waals surface area contributed by atoms with Crippen molar-refractivity contribution in [3.8, 4) is 0 Å². The summed E-state index contributed by atoms with van der Waals surface area (Å²) in [4.78, 5) is 2.25. The van der Waals surface area contributed by atoms with E-state index >= 15 is 0 Å². The van der Waals surface area contributed by atoms with E-state index in [0.717, 1.165) is 15.6 Å². The van der Waals surface area contributed by atoms with Gasteiger partial charge in [0.05, 0.1) is 4.34 Å². The van der Waals surface area contributed by atoms with Crippen LogP contribution >= 0.6 is 34.7 Å². The first-order valence-electron chi connectivity index (χ1n) is 5.42. The van der Waals surface area contributed by atoms with Crippen molar-refractivity contribution < 1.29 is 5.11 Å². The summed E-state index contributed by atoms with van der Waals surface area (Å²) in [5.74, 6) is 0. The van der Waals surface area contributed by atoms with Gasteiger partial charge in [0, 0.05) is 15.0 Å². The van der Waals surface area contributed by atoms with Crippen LogP contribution in [0.25, 0.3) is 0 Å². The Morgan fingerprint density at radius 2 is 2.06 bits per heavy atom. The normalized spacial score (nSPS) is 20.2. The molecule has 88 valence electrons. The second kappa shape index (κ2) is 4.65. The Balaban J connectivity index is 1.80. The average molecular weight is 283 g/mol. The minimum Gasteiger partial charge on any atom is -0.386 e. The first-order chi connectivity index (χ1) is 8.24. The van der Waals surface area contributed by atoms with Gasteiger partial charge in [-0.05, 0) is 30.2 Å². The molecule has 0 saturated carbocycles. The molecular weight excluding hydrogens is 272 g/mol. The number of hydrogen-bond acceptors (Lipinski definition) is 3. The van der Waals surface area contributed by atoms with Crippen molar-refractivity contribution in [3.63, 3.8) is 0 Å². The maximum atomic E-state index is 10.3. The molecule has 1 N–H and O–H groups in total. The molecule has 2 heterocycles. The van der Waals surface area contributed by atoms with E-state index in [4.69, 9.17) is 11.6 Å². The predicted molar refractivity (Wildman–Crippen MR) is 74.1 cm³/mol. The highest BCUT2D eigenvalue weighted by Crippen LogP contribution is 2.43. The Kier molecular flexibility index (Phi) is 3.17. The fourth-order valence-corrected chi connectivity index (χ4v) is 4.58. The first-order valence-corrected chi connectivity index (χ1v) is 7.49. The lowest BCUT2D eigenvalue weighted by molar-refractivity contribution is 0.179. The number of thiophene rings is 1. The third-order valence-corrected chi connectivity index (χ3v) is 5.59. The van der Waals surface area contributed by atoms with E-state index < -0.39 is 6.10 Å². The number of thioether (sulfide) groups is 1. The smallest absolute Gasteiger partial charge is 0.101 e. The maximum Gasteiger partial charge on any atom is 0.101 e. The Morgan fingerprint density at radius 3 is 2.76 bits per heavy atom. The molecule has 1 aromatic carbocycles. The zero-order valence-corrected chi connectivity index (χ0v) is 11.4. The van der Waals surface area contributed by atoms with Gasteiger partial charge < -0.3 is 5.11 Å². The number of benzene rings is 1. The summed E-state index contributed by atoms with van der Waals surface area (Å²) in [6, 6.07) is 12.1. The molecule has 1 aliphatic rings. The van der Waals surface area contributed by atoms with Gasteiger partial charge in [0.15, 0.2) is 0 Å². The first kappa shape index (κ1) is 11.6. The number of aliphatic hydroxyl groups excluding tert-OH is 1. The highest BCUT2D eigenvalue weighted by atomic mass is 35.5. The van der Waals surface area contributed by atoms with Crippen molar-refractivity contribution in [3.05, 3.63) is 51.2 Å². The zero-order valence-electron chi connectivity index (χ0n) is 8.97. The molecule has 0 radical (unpaired) electrons. The molecule has 1 aromatic heterocycles. The van der Waals surface area contributed by atoms with Crippen LogP contribution < -0.4 is 0 Å². The minimum absolute atomic E-state index is 0.210. The van der Waals surface area contributed by atoms with Gasteiger partial charge in [-0.3, -0.25) is 0 Å². The van der Waals surface area contributed by atoms with Gasteiger partial charge in [-0.15, -0.1) is 23.1 Å². The van der Waals surface area contributed by atoms with Gasteiger partial charge in [-0.25, -0.2) is 0 Å². The second-order valence-electron chi connectivity index (χ2n) is 4.05. The third kappa shape index (κ3) is 2.25. The van der Waals surface area contributed by atoms with E-state index in [-0.39, 0.29) is 5.25 Å². The van der Waals surface area contributed by atoms with Crippen LogP contribution in [0.3, 0.4) is 0 Å². The number of rotatable bonds is 2. The summed E-state index contributed by atoms with van der Waals surface area (Å²) in [6.07, 6.45) is 0.502. The molecule has 0 amide bonds. The molecule has 0 saturated heterocycles. The van der Waals surface area contributed by atoms with Gasteiger partial charge in [-0.2, -0.15) is 0 Å². The molecule has 2 atom stereocenters. The van der Waals surface area contributed by atoms with Crippen LogP contribution in [0.15, 0.2) is 41.3 Å². The van der Waals surface area contributed by atoms with E-state index in [1.165, 1.54) is 21.8 Å². The van der Waals surface area contributed by atoms with E-state index in [9.17, 15) is 5.11 Å². The van der Waals surface area contributed by atoms with Gasteiger partial charge >= 0.3 is 0 Å². The lowest BCUT2D eigenvalue weighted by Gasteiger charge is -2.15. The Hall–Kier alpha value is -0.480. The van der Waals surface area contributed by atoms with Crippen LogP contribution in [0.5, 0.6) is 0 Å². The molecule has 0 fully saturated rings. The fraction of sp³-hybridized carbons (Fsp3) is 0.231.